The van der Waals surface area contributed by atoms with Gasteiger partial charge in [-0.2, -0.15) is 0 Å². The van der Waals surface area contributed by atoms with Gasteiger partial charge in [0.25, 0.3) is 5.91 Å². The average molecular weight is 460 g/mol. The number of hydroxylamine groups is 1. The molecule has 1 fully saturated rings. The summed E-state index contributed by atoms with van der Waals surface area (Å²) in [4.78, 5) is 17.2. The van der Waals surface area contributed by atoms with Gasteiger partial charge in [-0.3, -0.25) is 9.63 Å². The maximum atomic E-state index is 14.2. The van der Waals surface area contributed by atoms with Crippen LogP contribution in [0.25, 0.3) is 0 Å². The number of hydrogen-bond acceptors (Lipinski definition) is 4. The molecule has 1 aliphatic carbocycles. The van der Waals surface area contributed by atoms with Gasteiger partial charge in [-0.05, 0) is 65.8 Å². The fourth-order valence-corrected chi connectivity index (χ4v) is 2.60. The molecule has 3 rings (SSSR count). The fourth-order valence-electron chi connectivity index (χ4n) is 2.15. The first kappa shape index (κ1) is 18.0. The third-order valence-corrected chi connectivity index (χ3v) is 4.45. The lowest BCUT2D eigenvalue weighted by Gasteiger charge is -2.14. The van der Waals surface area contributed by atoms with Gasteiger partial charge in [0.15, 0.2) is 0 Å². The largest absolute Gasteiger partial charge is 0.387 e. The highest BCUT2D eigenvalue weighted by molar-refractivity contribution is 14.1. The molecule has 0 spiro atoms. The van der Waals surface area contributed by atoms with Crippen molar-refractivity contribution in [1.29, 1.82) is 0 Å². The summed E-state index contributed by atoms with van der Waals surface area (Å²) >= 11 is 1.96. The van der Waals surface area contributed by atoms with Crippen LogP contribution < -0.4 is 10.8 Å². The molecule has 2 aromatic rings. The summed E-state index contributed by atoms with van der Waals surface area (Å²) in [6.07, 6.45) is 1.23. The van der Waals surface area contributed by atoms with Crippen LogP contribution in [0, 0.1) is 15.2 Å². The summed E-state index contributed by atoms with van der Waals surface area (Å²) in [6, 6.07) is 8.34. The molecule has 0 radical (unpaired) electrons. The highest BCUT2D eigenvalue weighted by Gasteiger charge is 2.41. The van der Waals surface area contributed by atoms with Crippen LogP contribution in [0.2, 0.25) is 0 Å². The molecule has 0 atom stereocenters. The summed E-state index contributed by atoms with van der Waals surface area (Å²) in [5.74, 6) is -1.96. The third kappa shape index (κ3) is 4.44. The standard InChI is InChI=1S/C17H15F2IN2O3/c18-12-3-1-2-11(16(23)22-25-9-17(24)6-7-17)15(12)21-14-5-4-10(20)8-13(14)19/h1-5,8,21,24H,6-7,9H2,(H,22,23). The lowest BCUT2D eigenvalue weighted by atomic mass is 10.1. The van der Waals surface area contributed by atoms with Crippen LogP contribution in [0.15, 0.2) is 36.4 Å². The summed E-state index contributed by atoms with van der Waals surface area (Å²) in [7, 11) is 0. The lowest BCUT2D eigenvalue weighted by Crippen LogP contribution is -2.29. The Bertz CT molecular complexity index is 812. The second kappa shape index (κ2) is 7.22. The van der Waals surface area contributed by atoms with Crippen molar-refractivity contribution in [1.82, 2.24) is 5.48 Å². The van der Waals surface area contributed by atoms with Gasteiger partial charge in [-0.15, -0.1) is 0 Å². The predicted molar refractivity (Wildman–Crippen MR) is 96.4 cm³/mol. The summed E-state index contributed by atoms with van der Waals surface area (Å²) in [6.45, 7) is -0.0391. The van der Waals surface area contributed by atoms with E-state index in [-0.39, 0.29) is 23.5 Å². The number of carbonyl (C=O) groups is 1. The maximum absolute atomic E-state index is 14.2. The zero-order valence-corrected chi connectivity index (χ0v) is 15.1. The van der Waals surface area contributed by atoms with Crippen molar-refractivity contribution in [2.45, 2.75) is 18.4 Å². The summed E-state index contributed by atoms with van der Waals surface area (Å²) < 4.78 is 28.9. The van der Waals surface area contributed by atoms with Gasteiger partial charge in [0.05, 0.1) is 22.5 Å². The molecule has 8 heteroatoms. The van der Waals surface area contributed by atoms with Crippen LogP contribution in [0.5, 0.6) is 0 Å². The molecule has 0 unspecified atom stereocenters. The van der Waals surface area contributed by atoms with E-state index in [0.29, 0.717) is 16.4 Å². The van der Waals surface area contributed by atoms with Crippen LogP contribution in [0.1, 0.15) is 23.2 Å². The van der Waals surface area contributed by atoms with Crippen molar-refractivity contribution in [3.05, 3.63) is 57.2 Å². The zero-order chi connectivity index (χ0) is 18.0. The van der Waals surface area contributed by atoms with Gasteiger partial charge in [0, 0.05) is 3.57 Å². The predicted octanol–water partition coefficient (Wildman–Crippen LogP) is 3.50. The van der Waals surface area contributed by atoms with Crippen LogP contribution in [0.3, 0.4) is 0 Å². The Hall–Kier alpha value is -1.78. The number of benzene rings is 2. The van der Waals surface area contributed by atoms with Crippen molar-refractivity contribution < 1.29 is 23.5 Å². The highest BCUT2D eigenvalue weighted by Crippen LogP contribution is 2.34. The zero-order valence-electron chi connectivity index (χ0n) is 13.0. The van der Waals surface area contributed by atoms with Crippen molar-refractivity contribution in [3.8, 4) is 0 Å². The molecule has 0 saturated heterocycles. The van der Waals surface area contributed by atoms with E-state index < -0.39 is 23.1 Å². The Labute approximate surface area is 156 Å². The maximum Gasteiger partial charge on any atom is 0.277 e. The minimum absolute atomic E-state index is 0.0391. The molecular formula is C17H15F2IN2O3. The molecule has 3 N–H and O–H groups in total. The first-order chi connectivity index (χ1) is 11.9. The van der Waals surface area contributed by atoms with Gasteiger partial charge < -0.3 is 10.4 Å². The van der Waals surface area contributed by atoms with Crippen molar-refractivity contribution >= 4 is 39.9 Å². The normalized spacial score (nSPS) is 14.9. The van der Waals surface area contributed by atoms with Gasteiger partial charge >= 0.3 is 0 Å². The topological polar surface area (TPSA) is 70.6 Å². The second-order valence-corrected chi connectivity index (χ2v) is 7.10. The molecule has 132 valence electrons. The first-order valence-corrected chi connectivity index (χ1v) is 8.61. The van der Waals surface area contributed by atoms with Crippen molar-refractivity contribution in [2.75, 3.05) is 11.9 Å². The first-order valence-electron chi connectivity index (χ1n) is 7.53. The molecule has 1 amide bonds. The SMILES string of the molecule is O=C(NOCC1(O)CC1)c1cccc(F)c1Nc1ccc(I)cc1F. The second-order valence-electron chi connectivity index (χ2n) is 5.86. The number of nitrogens with one attached hydrogen (secondary N) is 2. The van der Waals surface area contributed by atoms with Gasteiger partial charge in [0.2, 0.25) is 0 Å². The van der Waals surface area contributed by atoms with Crippen LogP contribution in [-0.2, 0) is 4.84 Å². The quantitative estimate of drug-likeness (QED) is 0.456. The van der Waals surface area contributed by atoms with E-state index in [1.165, 1.54) is 24.3 Å². The Morgan fingerprint density at radius 1 is 1.24 bits per heavy atom. The molecule has 25 heavy (non-hydrogen) atoms. The number of para-hydroxylation sites is 1. The number of halogens is 3. The molecule has 0 aromatic heterocycles. The van der Waals surface area contributed by atoms with Gasteiger partial charge in [-0.1, -0.05) is 6.07 Å². The molecule has 1 saturated carbocycles. The van der Waals surface area contributed by atoms with E-state index in [2.05, 4.69) is 10.8 Å². The van der Waals surface area contributed by atoms with Crippen molar-refractivity contribution in [3.63, 3.8) is 0 Å². The smallest absolute Gasteiger partial charge is 0.277 e. The number of aliphatic hydroxyl groups is 1. The highest BCUT2D eigenvalue weighted by atomic mass is 127. The number of rotatable bonds is 6. The summed E-state index contributed by atoms with van der Waals surface area (Å²) in [5.41, 5.74) is 1.13. The third-order valence-electron chi connectivity index (χ3n) is 3.78. The van der Waals surface area contributed by atoms with E-state index in [9.17, 15) is 18.7 Å². The minimum atomic E-state index is -0.888. The van der Waals surface area contributed by atoms with E-state index in [1.54, 1.807) is 6.07 Å². The van der Waals surface area contributed by atoms with Crippen LogP contribution in [0.4, 0.5) is 20.2 Å². The molecule has 0 bridgehead atoms. The van der Waals surface area contributed by atoms with Gasteiger partial charge in [-0.25, -0.2) is 14.3 Å². The minimum Gasteiger partial charge on any atom is -0.387 e. The fraction of sp³-hybridized carbons (Fsp3) is 0.235. The monoisotopic (exact) mass is 460 g/mol. The average Bonchev–Trinajstić information content (AvgIpc) is 3.29. The molecular weight excluding hydrogens is 445 g/mol. The molecule has 0 heterocycles. The molecule has 0 aliphatic heterocycles. The number of carbonyl (C=O) groups excluding carboxylic acids is 1. The van der Waals surface area contributed by atoms with Crippen LogP contribution >= 0.6 is 22.6 Å². The molecule has 1 aliphatic rings. The summed E-state index contributed by atoms with van der Waals surface area (Å²) in [5, 5.41) is 12.3. The van der Waals surface area contributed by atoms with Gasteiger partial charge in [0.1, 0.15) is 18.2 Å². The Morgan fingerprint density at radius 2 is 2.00 bits per heavy atom. The van der Waals surface area contributed by atoms with E-state index >= 15 is 0 Å². The molecule has 2 aromatic carbocycles. The number of hydrogen-bond donors (Lipinski definition) is 3. The van der Waals surface area contributed by atoms with E-state index in [1.807, 2.05) is 22.6 Å². The van der Waals surface area contributed by atoms with E-state index in [4.69, 9.17) is 4.84 Å². The van der Waals surface area contributed by atoms with Crippen LogP contribution in [-0.4, -0.2) is 23.2 Å². The Morgan fingerprint density at radius 3 is 2.68 bits per heavy atom. The Kier molecular flexibility index (Phi) is 5.21. The number of anilines is 2. The lowest BCUT2D eigenvalue weighted by molar-refractivity contribution is -0.0230. The van der Waals surface area contributed by atoms with E-state index in [0.717, 1.165) is 6.07 Å². The Balaban J connectivity index is 1.77. The van der Waals surface area contributed by atoms with Crippen molar-refractivity contribution in [2.24, 2.45) is 0 Å². The number of amides is 1. The molecule has 5 nitrogen and oxygen atoms in total.